The van der Waals surface area contributed by atoms with Crippen LogP contribution in [-0.2, 0) is 18.3 Å². The zero-order valence-corrected chi connectivity index (χ0v) is 25.4. The summed E-state index contributed by atoms with van der Waals surface area (Å²) < 4.78 is 28.2. The summed E-state index contributed by atoms with van der Waals surface area (Å²) in [5, 5.41) is 0. The highest BCUT2D eigenvalue weighted by molar-refractivity contribution is 7.47. The zero-order chi connectivity index (χ0) is 26.9. The number of likely N-dealkylation sites (N-methyl/N-ethyl adjacent to an activating group) is 2. The van der Waals surface area contributed by atoms with Gasteiger partial charge >= 0.3 is 7.82 Å². The van der Waals surface area contributed by atoms with Crippen LogP contribution < -0.4 is 0 Å². The number of phosphoric acid groups is 1. The predicted octanol–water partition coefficient (Wildman–Crippen LogP) is 7.28. The van der Waals surface area contributed by atoms with Gasteiger partial charge < -0.3 is 19.4 Å². The molecular weight excluding hydrogens is 475 g/mol. The summed E-state index contributed by atoms with van der Waals surface area (Å²) in [6.45, 7) is 7.22. The van der Waals surface area contributed by atoms with Crippen molar-refractivity contribution in [2.45, 2.75) is 123 Å². The Labute approximate surface area is 224 Å². The summed E-state index contributed by atoms with van der Waals surface area (Å²) in [5.41, 5.74) is 0. The van der Waals surface area contributed by atoms with Gasteiger partial charge in [-0.1, -0.05) is 110 Å². The molecule has 7 nitrogen and oxygen atoms in total. The van der Waals surface area contributed by atoms with Crippen molar-refractivity contribution in [3.8, 4) is 0 Å². The Hall–Kier alpha value is -0.0100. The molecule has 0 rings (SSSR count). The van der Waals surface area contributed by atoms with Crippen LogP contribution in [0.15, 0.2) is 0 Å². The summed E-state index contributed by atoms with van der Waals surface area (Å²) in [5.74, 6) is 0. The third kappa shape index (κ3) is 24.3. The quantitative estimate of drug-likeness (QED) is 0.0832. The van der Waals surface area contributed by atoms with Crippen LogP contribution in [0.4, 0.5) is 0 Å². The maximum absolute atomic E-state index is 12.1. The average Bonchev–Trinajstić information content (AvgIpc) is 2.84. The summed E-state index contributed by atoms with van der Waals surface area (Å²) >= 11 is 0. The summed E-state index contributed by atoms with van der Waals surface area (Å²) in [6, 6.07) is -0.0894. The molecule has 0 aliphatic carbocycles. The molecule has 0 aromatic carbocycles. The Morgan fingerprint density at radius 2 is 1.14 bits per heavy atom. The Balaban J connectivity index is 3.59. The van der Waals surface area contributed by atoms with Crippen molar-refractivity contribution < 1.29 is 23.2 Å². The standard InChI is InChI=1S/C28H61N2O5P/c1-6-8-9-10-11-12-13-14-15-16-17-18-19-20-21-22-24-33-26-28(29(3)4)27-35-36(31,32)34-25-23-30(5)7-2/h28H,6-27H2,1-5H3,(H,31,32). The van der Waals surface area contributed by atoms with E-state index in [1.54, 1.807) is 0 Å². The SMILES string of the molecule is CCCCCCCCCCCCCCCCCCOCC(COP(=O)(O)OCCN(C)CC)N(C)C. The van der Waals surface area contributed by atoms with Crippen LogP contribution in [0.5, 0.6) is 0 Å². The van der Waals surface area contributed by atoms with Crippen molar-refractivity contribution in [2.75, 3.05) is 60.7 Å². The van der Waals surface area contributed by atoms with Gasteiger partial charge in [0, 0.05) is 13.2 Å². The molecule has 0 aromatic rings. The average molecular weight is 537 g/mol. The molecular formula is C28H61N2O5P. The van der Waals surface area contributed by atoms with Crippen LogP contribution in [0.2, 0.25) is 0 Å². The Morgan fingerprint density at radius 3 is 1.58 bits per heavy atom. The van der Waals surface area contributed by atoms with Gasteiger partial charge in [-0.15, -0.1) is 0 Å². The summed E-state index contributed by atoms with van der Waals surface area (Å²) in [6.07, 6.45) is 21.7. The molecule has 0 saturated carbocycles. The van der Waals surface area contributed by atoms with E-state index in [0.29, 0.717) is 13.2 Å². The van der Waals surface area contributed by atoms with E-state index in [1.165, 1.54) is 96.3 Å². The largest absolute Gasteiger partial charge is 0.472 e. The maximum Gasteiger partial charge on any atom is 0.472 e. The van der Waals surface area contributed by atoms with E-state index in [9.17, 15) is 9.46 Å². The van der Waals surface area contributed by atoms with Gasteiger partial charge in [-0.2, -0.15) is 0 Å². The molecule has 2 unspecified atom stereocenters. The van der Waals surface area contributed by atoms with Gasteiger partial charge in [0.15, 0.2) is 0 Å². The molecule has 0 saturated heterocycles. The van der Waals surface area contributed by atoms with Crippen LogP contribution in [0.3, 0.4) is 0 Å². The number of unbranched alkanes of at least 4 members (excludes halogenated alkanes) is 15. The second kappa shape index (κ2) is 25.3. The third-order valence-corrected chi connectivity index (χ3v) is 7.86. The molecule has 36 heavy (non-hydrogen) atoms. The lowest BCUT2D eigenvalue weighted by molar-refractivity contribution is 0.0429. The van der Waals surface area contributed by atoms with E-state index in [1.807, 2.05) is 37.9 Å². The summed E-state index contributed by atoms with van der Waals surface area (Å²) in [7, 11) is 1.74. The lowest BCUT2D eigenvalue weighted by Gasteiger charge is -2.25. The first kappa shape index (κ1) is 36.0. The number of ether oxygens (including phenoxy) is 1. The molecule has 0 radical (unpaired) electrons. The van der Waals surface area contributed by atoms with Crippen molar-refractivity contribution in [3.63, 3.8) is 0 Å². The molecule has 8 heteroatoms. The second-order valence-electron chi connectivity index (χ2n) is 10.5. The monoisotopic (exact) mass is 536 g/mol. The molecule has 0 fully saturated rings. The highest BCUT2D eigenvalue weighted by atomic mass is 31.2. The van der Waals surface area contributed by atoms with Gasteiger partial charge in [0.05, 0.1) is 25.9 Å². The smallest absolute Gasteiger partial charge is 0.380 e. The Morgan fingerprint density at radius 1 is 0.667 bits per heavy atom. The fourth-order valence-electron chi connectivity index (χ4n) is 4.01. The van der Waals surface area contributed by atoms with Gasteiger partial charge in [0.1, 0.15) is 0 Å². The van der Waals surface area contributed by atoms with Gasteiger partial charge in [0.25, 0.3) is 0 Å². The lowest BCUT2D eigenvalue weighted by Crippen LogP contribution is -2.36. The van der Waals surface area contributed by atoms with Gasteiger partial charge in [-0.05, 0) is 34.1 Å². The van der Waals surface area contributed by atoms with Crippen molar-refractivity contribution in [3.05, 3.63) is 0 Å². The maximum atomic E-state index is 12.1. The zero-order valence-electron chi connectivity index (χ0n) is 24.6. The molecule has 1 N–H and O–H groups in total. The van der Waals surface area contributed by atoms with Gasteiger partial charge in [-0.3, -0.25) is 9.05 Å². The van der Waals surface area contributed by atoms with Crippen molar-refractivity contribution >= 4 is 7.82 Å². The molecule has 0 aromatic heterocycles. The molecule has 218 valence electrons. The van der Waals surface area contributed by atoms with Gasteiger partial charge in [0.2, 0.25) is 0 Å². The van der Waals surface area contributed by atoms with Crippen LogP contribution in [-0.4, -0.2) is 81.4 Å². The Kier molecular flexibility index (Phi) is 25.3. The highest BCUT2D eigenvalue weighted by Crippen LogP contribution is 2.43. The number of hydrogen-bond donors (Lipinski definition) is 1. The normalized spacial score (nSPS) is 14.6. The Bertz CT molecular complexity index is 510. The molecule has 2 atom stereocenters. The fraction of sp³-hybridized carbons (Fsp3) is 1.00. The number of rotatable bonds is 28. The highest BCUT2D eigenvalue weighted by Gasteiger charge is 2.24. The van der Waals surface area contributed by atoms with E-state index in [4.69, 9.17) is 13.8 Å². The topological polar surface area (TPSA) is 71.5 Å². The third-order valence-electron chi connectivity index (χ3n) is 6.88. The summed E-state index contributed by atoms with van der Waals surface area (Å²) in [4.78, 5) is 13.9. The molecule has 0 heterocycles. The van der Waals surface area contributed by atoms with Crippen LogP contribution >= 0.6 is 7.82 Å². The lowest BCUT2D eigenvalue weighted by atomic mass is 10.0. The number of phosphoric ester groups is 1. The van der Waals surface area contributed by atoms with Crippen molar-refractivity contribution in [2.24, 2.45) is 0 Å². The molecule has 0 bridgehead atoms. The molecule has 0 aliphatic heterocycles. The first-order valence-corrected chi connectivity index (χ1v) is 16.4. The van der Waals surface area contributed by atoms with Crippen molar-refractivity contribution in [1.29, 1.82) is 0 Å². The molecule has 0 amide bonds. The van der Waals surface area contributed by atoms with E-state index >= 15 is 0 Å². The van der Waals surface area contributed by atoms with Gasteiger partial charge in [-0.25, -0.2) is 4.57 Å². The van der Waals surface area contributed by atoms with Crippen LogP contribution in [0.25, 0.3) is 0 Å². The second-order valence-corrected chi connectivity index (χ2v) is 11.9. The number of nitrogens with zero attached hydrogens (tertiary/aromatic N) is 2. The minimum Gasteiger partial charge on any atom is -0.380 e. The first-order valence-electron chi connectivity index (χ1n) is 14.9. The van der Waals surface area contributed by atoms with E-state index in [2.05, 4.69) is 6.92 Å². The van der Waals surface area contributed by atoms with E-state index in [-0.39, 0.29) is 19.3 Å². The van der Waals surface area contributed by atoms with E-state index in [0.717, 1.165) is 19.6 Å². The minimum atomic E-state index is -4.04. The van der Waals surface area contributed by atoms with Crippen LogP contribution in [0, 0.1) is 0 Å². The van der Waals surface area contributed by atoms with E-state index < -0.39 is 7.82 Å². The minimum absolute atomic E-state index is 0.0894. The van der Waals surface area contributed by atoms with Crippen molar-refractivity contribution in [1.82, 2.24) is 9.80 Å². The van der Waals surface area contributed by atoms with Crippen LogP contribution in [0.1, 0.15) is 117 Å². The number of hydrogen-bond acceptors (Lipinski definition) is 6. The first-order chi connectivity index (χ1) is 17.3. The molecule has 0 spiro atoms. The fourth-order valence-corrected chi connectivity index (χ4v) is 4.75. The molecule has 0 aliphatic rings. The predicted molar refractivity (Wildman–Crippen MR) is 153 cm³/mol.